The lowest BCUT2D eigenvalue weighted by Gasteiger charge is -2.53. The summed E-state index contributed by atoms with van der Waals surface area (Å²) >= 11 is 6.22. The van der Waals surface area contributed by atoms with Gasteiger partial charge in [0.2, 0.25) is 26.8 Å². The maximum absolute atomic E-state index is 15.1. The molecule has 1 saturated carbocycles. The lowest BCUT2D eigenvalue weighted by molar-refractivity contribution is -0.179. The monoisotopic (exact) mass is 600 g/mol. The molecular weight excluding hydrogens is 573 g/mol. The summed E-state index contributed by atoms with van der Waals surface area (Å²) in [6.45, 7) is 0.359. The number of rotatable bonds is 7. The number of hydrogen-bond donors (Lipinski definition) is 3. The predicted molar refractivity (Wildman–Crippen MR) is 141 cm³/mol. The Balaban J connectivity index is 1.48. The standard InChI is InChI=1S/C26H28ClF3N4O5S/c1-40(38,39)20(28)11-15(9-14-7-8-31-23(14)35)32-24(36)22-17-6-5-16(12-26(17,29)30)34(22)25(37)19-10-13-3-2-4-18(27)21(13)33-19/h2-4,10-11,14-17,22,33H,5-9,12H2,1H3,(H,31,35)(H,32,36)/b20-11+/t14-,15+,16-,17-,22-/m0/s1. The zero-order valence-corrected chi connectivity index (χ0v) is 23.0. The van der Waals surface area contributed by atoms with Gasteiger partial charge >= 0.3 is 0 Å². The second-order valence-corrected chi connectivity index (χ2v) is 13.1. The van der Waals surface area contributed by atoms with Crippen molar-refractivity contribution in [2.75, 3.05) is 12.8 Å². The number of nitrogens with zero attached hydrogens (tertiary/aromatic N) is 1. The van der Waals surface area contributed by atoms with E-state index >= 15 is 8.78 Å². The molecular formula is C26H28ClF3N4O5S. The summed E-state index contributed by atoms with van der Waals surface area (Å²) in [4.78, 5) is 43.6. The van der Waals surface area contributed by atoms with Crippen molar-refractivity contribution in [2.24, 2.45) is 11.8 Å². The summed E-state index contributed by atoms with van der Waals surface area (Å²) in [6.07, 6.45) is 1.19. The highest BCUT2D eigenvalue weighted by Gasteiger charge is 2.60. The zero-order chi connectivity index (χ0) is 29.0. The van der Waals surface area contributed by atoms with Crippen LogP contribution in [0.1, 0.15) is 42.6 Å². The Bertz CT molecular complexity index is 1510. The fourth-order valence-corrected chi connectivity index (χ4v) is 6.71. The zero-order valence-electron chi connectivity index (χ0n) is 21.4. The summed E-state index contributed by atoms with van der Waals surface area (Å²) in [7, 11) is -4.27. The Hall–Kier alpha value is -3.06. The number of sulfone groups is 1. The van der Waals surface area contributed by atoms with E-state index in [0.29, 0.717) is 41.2 Å². The molecule has 1 aromatic heterocycles. The molecule has 0 spiro atoms. The quantitative estimate of drug-likeness (QED) is 0.449. The second kappa shape index (κ2) is 10.4. The molecule has 0 radical (unpaired) electrons. The number of piperidine rings is 2. The van der Waals surface area contributed by atoms with Gasteiger partial charge in [0.25, 0.3) is 11.8 Å². The van der Waals surface area contributed by atoms with Crippen molar-refractivity contribution in [2.45, 2.75) is 56.2 Å². The molecule has 1 aliphatic carbocycles. The van der Waals surface area contributed by atoms with Crippen LogP contribution in [0, 0.1) is 11.8 Å². The van der Waals surface area contributed by atoms with Crippen LogP contribution < -0.4 is 10.6 Å². The predicted octanol–water partition coefficient (Wildman–Crippen LogP) is 3.32. The smallest absolute Gasteiger partial charge is 0.271 e. The van der Waals surface area contributed by atoms with Gasteiger partial charge in [0.15, 0.2) is 0 Å². The fourth-order valence-electron chi connectivity index (χ4n) is 6.07. The third-order valence-corrected chi connectivity index (χ3v) is 9.15. The average molecular weight is 601 g/mol. The van der Waals surface area contributed by atoms with Gasteiger partial charge in [-0.15, -0.1) is 0 Å². The van der Waals surface area contributed by atoms with E-state index in [-0.39, 0.29) is 30.9 Å². The Morgan fingerprint density at radius 3 is 2.65 bits per heavy atom. The van der Waals surface area contributed by atoms with Gasteiger partial charge in [-0.1, -0.05) is 23.7 Å². The largest absolute Gasteiger partial charge is 0.356 e. The third kappa shape index (κ3) is 5.32. The van der Waals surface area contributed by atoms with Crippen LogP contribution in [0.15, 0.2) is 35.5 Å². The minimum atomic E-state index is -4.27. The van der Waals surface area contributed by atoms with E-state index in [1.807, 2.05) is 0 Å². The highest BCUT2D eigenvalue weighted by Crippen LogP contribution is 2.49. The molecule has 2 aromatic rings. The second-order valence-electron chi connectivity index (χ2n) is 10.7. The van der Waals surface area contributed by atoms with Crippen LogP contribution in [0.4, 0.5) is 13.2 Å². The molecule has 2 bridgehead atoms. The van der Waals surface area contributed by atoms with Crippen molar-refractivity contribution in [3.05, 3.63) is 46.2 Å². The number of fused-ring (bicyclic) bond motifs is 4. The lowest BCUT2D eigenvalue weighted by atomic mass is 9.71. The molecule has 3 amide bonds. The number of carbonyl (C=O) groups is 3. The van der Waals surface area contributed by atoms with Crippen molar-refractivity contribution in [3.8, 4) is 0 Å². The van der Waals surface area contributed by atoms with Crippen LogP contribution in [-0.2, 0) is 19.4 Å². The first-order chi connectivity index (χ1) is 18.8. The number of halogens is 4. The van der Waals surface area contributed by atoms with Gasteiger partial charge in [0.1, 0.15) is 11.7 Å². The number of carbonyl (C=O) groups excluding carboxylic acids is 3. The van der Waals surface area contributed by atoms with E-state index in [1.165, 1.54) is 6.07 Å². The lowest BCUT2D eigenvalue weighted by Crippen LogP contribution is -2.68. The van der Waals surface area contributed by atoms with Gasteiger partial charge in [0, 0.05) is 36.6 Å². The summed E-state index contributed by atoms with van der Waals surface area (Å²) in [5, 5.41) is 4.55. The normalized spacial score (nSPS) is 27.1. The third-order valence-electron chi connectivity index (χ3n) is 7.99. The van der Waals surface area contributed by atoms with E-state index < -0.39 is 69.1 Å². The molecule has 9 nitrogen and oxygen atoms in total. The first-order valence-electron chi connectivity index (χ1n) is 12.9. The maximum Gasteiger partial charge on any atom is 0.271 e. The van der Waals surface area contributed by atoms with Crippen LogP contribution in [0.3, 0.4) is 0 Å². The number of amides is 3. The summed E-state index contributed by atoms with van der Waals surface area (Å²) < 4.78 is 68.2. The average Bonchev–Trinajstić information content (AvgIpc) is 3.49. The fraction of sp³-hybridized carbons (Fsp3) is 0.500. The van der Waals surface area contributed by atoms with E-state index in [0.717, 1.165) is 4.90 Å². The van der Waals surface area contributed by atoms with Gasteiger partial charge in [0.05, 0.1) is 22.5 Å². The number of H-pyrrole nitrogens is 1. The Morgan fingerprint density at radius 2 is 2.02 bits per heavy atom. The number of alkyl halides is 2. The van der Waals surface area contributed by atoms with Crippen molar-refractivity contribution < 1.29 is 36.0 Å². The minimum absolute atomic E-state index is 0.0126. The molecule has 5 atom stereocenters. The number of nitrogens with one attached hydrogen (secondary N) is 3. The molecule has 3 saturated heterocycles. The Morgan fingerprint density at radius 1 is 1.27 bits per heavy atom. The van der Waals surface area contributed by atoms with Crippen LogP contribution >= 0.6 is 11.6 Å². The van der Waals surface area contributed by atoms with Crippen molar-refractivity contribution >= 4 is 50.1 Å². The Labute approximate surface area is 233 Å². The maximum atomic E-state index is 15.1. The summed E-state index contributed by atoms with van der Waals surface area (Å²) in [5.74, 6) is -7.37. The van der Waals surface area contributed by atoms with E-state index in [9.17, 15) is 27.2 Å². The summed E-state index contributed by atoms with van der Waals surface area (Å²) in [5.41, 5.74) is 0.552. The number of para-hydroxylation sites is 1. The number of aromatic amines is 1. The van der Waals surface area contributed by atoms with Gasteiger partial charge in [-0.25, -0.2) is 17.2 Å². The Kier molecular flexibility index (Phi) is 7.40. The number of aromatic nitrogens is 1. The first kappa shape index (κ1) is 28.5. The topological polar surface area (TPSA) is 128 Å². The van der Waals surface area contributed by atoms with Crippen LogP contribution in [-0.4, -0.2) is 72.9 Å². The van der Waals surface area contributed by atoms with Crippen molar-refractivity contribution in [1.29, 1.82) is 0 Å². The molecule has 14 heteroatoms. The van der Waals surface area contributed by atoms with Crippen LogP contribution in [0.5, 0.6) is 0 Å². The van der Waals surface area contributed by atoms with E-state index in [1.54, 1.807) is 18.2 Å². The van der Waals surface area contributed by atoms with Gasteiger partial charge in [-0.3, -0.25) is 14.4 Å². The number of hydrogen-bond acceptors (Lipinski definition) is 5. The van der Waals surface area contributed by atoms with E-state index in [4.69, 9.17) is 11.6 Å². The molecule has 3 N–H and O–H groups in total. The molecule has 216 valence electrons. The van der Waals surface area contributed by atoms with Crippen molar-refractivity contribution in [1.82, 2.24) is 20.5 Å². The van der Waals surface area contributed by atoms with E-state index in [2.05, 4.69) is 15.6 Å². The molecule has 0 unspecified atom stereocenters. The first-order valence-corrected chi connectivity index (χ1v) is 15.2. The SMILES string of the molecule is CS(=O)(=O)/C(F)=C/[C@@H](C[C@@H]1CCNC1=O)NC(=O)[C@@H]1[C@@H]2CC[C@@H](CC2(F)F)N1C(=O)c1cc2cccc(Cl)c2[nH]1. The molecule has 4 heterocycles. The van der Waals surface area contributed by atoms with Crippen LogP contribution in [0.2, 0.25) is 5.02 Å². The highest BCUT2D eigenvalue weighted by atomic mass is 35.5. The molecule has 3 aliphatic heterocycles. The number of benzene rings is 1. The molecule has 6 rings (SSSR count). The molecule has 40 heavy (non-hydrogen) atoms. The van der Waals surface area contributed by atoms with Gasteiger partial charge in [-0.2, -0.15) is 4.39 Å². The minimum Gasteiger partial charge on any atom is -0.356 e. The summed E-state index contributed by atoms with van der Waals surface area (Å²) in [6, 6.07) is 2.74. The molecule has 1 aromatic carbocycles. The van der Waals surface area contributed by atoms with Crippen LogP contribution in [0.25, 0.3) is 10.9 Å². The highest BCUT2D eigenvalue weighted by molar-refractivity contribution is 7.94. The van der Waals surface area contributed by atoms with Gasteiger partial charge in [-0.05, 0) is 43.9 Å². The molecule has 4 aliphatic rings. The van der Waals surface area contributed by atoms with Crippen molar-refractivity contribution in [3.63, 3.8) is 0 Å². The van der Waals surface area contributed by atoms with Gasteiger partial charge < -0.3 is 20.5 Å². The molecule has 4 fully saturated rings.